The summed E-state index contributed by atoms with van der Waals surface area (Å²) in [7, 11) is 1.33. The highest BCUT2D eigenvalue weighted by Gasteiger charge is 2.30. The summed E-state index contributed by atoms with van der Waals surface area (Å²) in [6.07, 6.45) is -4.32. The first kappa shape index (κ1) is 15.8. The van der Waals surface area contributed by atoms with Crippen molar-refractivity contribution in [2.24, 2.45) is 0 Å². The summed E-state index contributed by atoms with van der Waals surface area (Å²) < 4.78 is 42.2. The molecule has 0 radical (unpaired) electrons. The molecule has 1 heterocycles. The van der Waals surface area contributed by atoms with E-state index < -0.39 is 11.7 Å². The number of nitrogens with zero attached hydrogens (tertiary/aromatic N) is 1. The lowest BCUT2D eigenvalue weighted by Gasteiger charge is -2.33. The first-order valence-corrected chi connectivity index (χ1v) is 6.60. The number of esters is 1. The van der Waals surface area contributed by atoms with Crippen molar-refractivity contribution in [3.05, 3.63) is 35.4 Å². The Hall–Kier alpha value is -1.60. The molecule has 21 heavy (non-hydrogen) atoms. The fourth-order valence-corrected chi connectivity index (χ4v) is 2.33. The summed E-state index contributed by atoms with van der Waals surface area (Å²) in [5, 5.41) is 3.24. The molecule has 7 heteroatoms. The van der Waals surface area contributed by atoms with Gasteiger partial charge in [0.2, 0.25) is 0 Å². The molecule has 2 rings (SSSR count). The van der Waals surface area contributed by atoms with Crippen LogP contribution >= 0.6 is 0 Å². The zero-order valence-electron chi connectivity index (χ0n) is 11.6. The Morgan fingerprint density at radius 1 is 1.38 bits per heavy atom. The molecule has 1 aliphatic heterocycles. The number of ether oxygens (including phenoxy) is 1. The van der Waals surface area contributed by atoms with Gasteiger partial charge in [-0.15, -0.1) is 0 Å². The van der Waals surface area contributed by atoms with Crippen molar-refractivity contribution in [2.75, 3.05) is 33.3 Å². The average molecular weight is 302 g/mol. The summed E-state index contributed by atoms with van der Waals surface area (Å²) >= 11 is 0. The Balaban J connectivity index is 2.02. The van der Waals surface area contributed by atoms with Crippen LogP contribution in [0.1, 0.15) is 17.2 Å². The topological polar surface area (TPSA) is 41.6 Å². The maximum absolute atomic E-state index is 12.5. The first-order valence-electron chi connectivity index (χ1n) is 6.60. The van der Waals surface area contributed by atoms with Gasteiger partial charge in [0, 0.05) is 25.7 Å². The van der Waals surface area contributed by atoms with E-state index in [0.29, 0.717) is 19.6 Å². The van der Waals surface area contributed by atoms with Crippen LogP contribution in [-0.4, -0.2) is 44.2 Å². The van der Waals surface area contributed by atoms with Gasteiger partial charge >= 0.3 is 12.1 Å². The minimum absolute atomic E-state index is 0.0920. The third-order valence-electron chi connectivity index (χ3n) is 3.48. The Bertz CT molecular complexity index is 488. The van der Waals surface area contributed by atoms with Crippen molar-refractivity contribution in [1.29, 1.82) is 0 Å². The van der Waals surface area contributed by atoms with Crippen LogP contribution in [0.15, 0.2) is 24.3 Å². The van der Waals surface area contributed by atoms with Crippen molar-refractivity contribution in [1.82, 2.24) is 10.2 Å². The third-order valence-corrected chi connectivity index (χ3v) is 3.48. The number of piperazine rings is 1. The fraction of sp³-hybridized carbons (Fsp3) is 0.500. The largest absolute Gasteiger partial charge is 0.468 e. The molecular formula is C14H17F3N2O2. The molecule has 0 bridgehead atoms. The Kier molecular flexibility index (Phi) is 4.84. The van der Waals surface area contributed by atoms with Crippen molar-refractivity contribution in [2.45, 2.75) is 12.2 Å². The van der Waals surface area contributed by atoms with Gasteiger partial charge in [-0.2, -0.15) is 13.2 Å². The van der Waals surface area contributed by atoms with Gasteiger partial charge in [-0.1, -0.05) is 12.1 Å². The van der Waals surface area contributed by atoms with E-state index in [0.717, 1.165) is 17.7 Å². The smallest absolute Gasteiger partial charge is 0.416 e. The highest BCUT2D eigenvalue weighted by Crippen LogP contribution is 2.30. The number of hydrogen-bond donors (Lipinski definition) is 1. The third kappa shape index (κ3) is 4.18. The lowest BCUT2D eigenvalue weighted by Crippen LogP contribution is -2.47. The molecule has 1 aliphatic rings. The first-order chi connectivity index (χ1) is 9.90. The SMILES string of the molecule is COC(=O)CN1CCNC(c2ccc(C(F)(F)F)cc2)C1. The normalized spacial score (nSPS) is 20.3. The molecule has 0 amide bonds. The summed E-state index contributed by atoms with van der Waals surface area (Å²) in [4.78, 5) is 13.2. The minimum atomic E-state index is -4.32. The van der Waals surface area contributed by atoms with E-state index in [1.165, 1.54) is 19.2 Å². The lowest BCUT2D eigenvalue weighted by atomic mass is 10.0. The van der Waals surface area contributed by atoms with E-state index in [4.69, 9.17) is 0 Å². The Labute approximate surface area is 120 Å². The molecule has 0 saturated carbocycles. The molecule has 1 fully saturated rings. The van der Waals surface area contributed by atoms with Gasteiger partial charge in [0.15, 0.2) is 0 Å². The average Bonchev–Trinajstić information content (AvgIpc) is 2.46. The standard InChI is InChI=1S/C14H17F3N2O2/c1-21-13(20)9-19-7-6-18-12(8-19)10-2-4-11(5-3-10)14(15,16)17/h2-5,12,18H,6-9H2,1H3. The minimum Gasteiger partial charge on any atom is -0.468 e. The number of methoxy groups -OCH3 is 1. The van der Waals surface area contributed by atoms with Gasteiger partial charge in [-0.25, -0.2) is 0 Å². The van der Waals surface area contributed by atoms with Crippen LogP contribution in [0.25, 0.3) is 0 Å². The van der Waals surface area contributed by atoms with Crippen LogP contribution < -0.4 is 5.32 Å². The summed E-state index contributed by atoms with van der Waals surface area (Å²) in [6, 6.07) is 5.02. The summed E-state index contributed by atoms with van der Waals surface area (Å²) in [6.45, 7) is 2.12. The van der Waals surface area contributed by atoms with E-state index in [-0.39, 0.29) is 18.6 Å². The van der Waals surface area contributed by atoms with Crippen LogP contribution in [-0.2, 0) is 15.7 Å². The number of alkyl halides is 3. The molecule has 1 N–H and O–H groups in total. The number of rotatable bonds is 3. The van der Waals surface area contributed by atoms with Crippen molar-refractivity contribution in [3.8, 4) is 0 Å². The molecule has 1 atom stereocenters. The number of benzene rings is 1. The Morgan fingerprint density at radius 3 is 2.62 bits per heavy atom. The van der Waals surface area contributed by atoms with Crippen LogP contribution in [0.3, 0.4) is 0 Å². The van der Waals surface area contributed by atoms with E-state index in [1.54, 1.807) is 0 Å². The molecule has 1 aromatic rings. The lowest BCUT2D eigenvalue weighted by molar-refractivity contribution is -0.142. The second-order valence-electron chi connectivity index (χ2n) is 4.94. The highest BCUT2D eigenvalue weighted by molar-refractivity contribution is 5.71. The molecule has 0 aromatic heterocycles. The van der Waals surface area contributed by atoms with Crippen LogP contribution in [0.2, 0.25) is 0 Å². The Morgan fingerprint density at radius 2 is 2.05 bits per heavy atom. The van der Waals surface area contributed by atoms with Gasteiger partial charge in [0.1, 0.15) is 0 Å². The van der Waals surface area contributed by atoms with Gasteiger partial charge in [0.05, 0.1) is 19.2 Å². The van der Waals surface area contributed by atoms with Crippen molar-refractivity contribution < 1.29 is 22.7 Å². The number of carbonyl (C=O) groups is 1. The summed E-state index contributed by atoms with van der Waals surface area (Å²) in [5.74, 6) is -0.317. The quantitative estimate of drug-likeness (QED) is 0.865. The number of halogens is 3. The molecule has 0 spiro atoms. The second-order valence-corrected chi connectivity index (χ2v) is 4.94. The molecule has 4 nitrogen and oxygen atoms in total. The second kappa shape index (κ2) is 6.44. The van der Waals surface area contributed by atoms with Gasteiger partial charge in [0.25, 0.3) is 0 Å². The zero-order valence-corrected chi connectivity index (χ0v) is 11.6. The number of carbonyl (C=O) groups excluding carboxylic acids is 1. The van der Waals surface area contributed by atoms with E-state index in [1.807, 2.05) is 4.90 Å². The molecule has 116 valence electrons. The highest BCUT2D eigenvalue weighted by atomic mass is 19.4. The van der Waals surface area contributed by atoms with Gasteiger partial charge in [-0.05, 0) is 17.7 Å². The predicted molar refractivity (Wildman–Crippen MR) is 70.6 cm³/mol. The van der Waals surface area contributed by atoms with Crippen LogP contribution in [0.5, 0.6) is 0 Å². The van der Waals surface area contributed by atoms with Gasteiger partial charge < -0.3 is 10.1 Å². The maximum atomic E-state index is 12.5. The van der Waals surface area contributed by atoms with Crippen molar-refractivity contribution in [3.63, 3.8) is 0 Å². The summed E-state index contributed by atoms with van der Waals surface area (Å²) in [5.41, 5.74) is 0.117. The van der Waals surface area contributed by atoms with Crippen LogP contribution in [0.4, 0.5) is 13.2 Å². The van der Waals surface area contributed by atoms with E-state index >= 15 is 0 Å². The molecule has 1 aromatic carbocycles. The monoisotopic (exact) mass is 302 g/mol. The fourth-order valence-electron chi connectivity index (χ4n) is 2.33. The van der Waals surface area contributed by atoms with Crippen LogP contribution in [0, 0.1) is 0 Å². The number of nitrogens with one attached hydrogen (secondary N) is 1. The molecule has 0 aliphatic carbocycles. The van der Waals surface area contributed by atoms with E-state index in [9.17, 15) is 18.0 Å². The van der Waals surface area contributed by atoms with Crippen molar-refractivity contribution >= 4 is 5.97 Å². The predicted octanol–water partition coefficient (Wildman–Crippen LogP) is 1.82. The van der Waals surface area contributed by atoms with E-state index in [2.05, 4.69) is 10.1 Å². The zero-order chi connectivity index (χ0) is 15.5. The number of hydrogen-bond acceptors (Lipinski definition) is 4. The maximum Gasteiger partial charge on any atom is 0.416 e. The van der Waals surface area contributed by atoms with Gasteiger partial charge in [-0.3, -0.25) is 9.69 Å². The molecule has 1 saturated heterocycles. The molecular weight excluding hydrogens is 285 g/mol. The molecule has 1 unspecified atom stereocenters.